The van der Waals surface area contributed by atoms with E-state index >= 15 is 0 Å². The lowest BCUT2D eigenvalue weighted by atomic mass is 9.84. The number of benzene rings is 1. The van der Waals surface area contributed by atoms with Crippen LogP contribution in [0.2, 0.25) is 0 Å². The van der Waals surface area contributed by atoms with Gasteiger partial charge in [0.15, 0.2) is 5.82 Å². The summed E-state index contributed by atoms with van der Waals surface area (Å²) in [5.74, 6) is 1.30. The molecule has 4 rings (SSSR count). The summed E-state index contributed by atoms with van der Waals surface area (Å²) in [6.45, 7) is 0.532. The van der Waals surface area contributed by atoms with Crippen molar-refractivity contribution in [2.75, 3.05) is 6.54 Å². The molecule has 0 bridgehead atoms. The molecule has 2 fully saturated rings. The van der Waals surface area contributed by atoms with Crippen LogP contribution < -0.4 is 0 Å². The lowest BCUT2D eigenvalue weighted by Gasteiger charge is -2.34. The maximum Gasteiger partial charge on any atom is 0.243 e. The van der Waals surface area contributed by atoms with Gasteiger partial charge in [-0.2, -0.15) is 4.31 Å². The largest absolute Gasteiger partial charge is 0.319 e. The summed E-state index contributed by atoms with van der Waals surface area (Å²) in [6, 6.07) is 7.38. The van der Waals surface area contributed by atoms with Crippen LogP contribution >= 0.6 is 0 Å². The van der Waals surface area contributed by atoms with Crippen LogP contribution in [0.5, 0.6) is 0 Å². The Bertz CT molecular complexity index is 870. The Labute approximate surface area is 161 Å². The maximum absolute atomic E-state index is 13.4. The average molecular weight is 389 g/mol. The quantitative estimate of drug-likeness (QED) is 0.799. The zero-order valence-electron chi connectivity index (χ0n) is 15.9. The molecule has 7 heteroatoms. The molecular formula is C20H28N4O2S. The highest BCUT2D eigenvalue weighted by Crippen LogP contribution is 2.36. The van der Waals surface area contributed by atoms with Crippen molar-refractivity contribution >= 4 is 10.0 Å². The van der Waals surface area contributed by atoms with Gasteiger partial charge < -0.3 is 4.57 Å². The molecule has 2 heterocycles. The molecule has 1 saturated carbocycles. The third-order valence-electron chi connectivity index (χ3n) is 6.06. The van der Waals surface area contributed by atoms with Gasteiger partial charge >= 0.3 is 0 Å². The first-order chi connectivity index (χ1) is 13.1. The van der Waals surface area contributed by atoms with Crippen molar-refractivity contribution in [2.45, 2.75) is 68.2 Å². The van der Waals surface area contributed by atoms with Crippen molar-refractivity contribution in [3.8, 4) is 0 Å². The average Bonchev–Trinajstić information content (AvgIpc) is 3.14. The fourth-order valence-corrected chi connectivity index (χ4v) is 6.18. The molecule has 0 amide bonds. The fourth-order valence-electron chi connectivity index (χ4n) is 4.53. The van der Waals surface area contributed by atoms with Crippen LogP contribution in [0.25, 0.3) is 0 Å². The minimum atomic E-state index is -3.55. The first-order valence-corrected chi connectivity index (χ1v) is 11.5. The second-order valence-corrected chi connectivity index (χ2v) is 9.72. The van der Waals surface area contributed by atoms with E-state index in [0.717, 1.165) is 25.1 Å². The second kappa shape index (κ2) is 7.72. The standard InChI is InChI=1S/C20H28N4O2S/c1-23-15-21-22-20(23)19-9-5-6-14-24(19)27(25,26)18-12-10-17(11-13-18)16-7-3-2-4-8-16/h10-13,15-16,19H,2-9,14H2,1H3. The topological polar surface area (TPSA) is 68.1 Å². The molecule has 0 spiro atoms. The van der Waals surface area contributed by atoms with Gasteiger partial charge in [-0.1, -0.05) is 37.8 Å². The highest BCUT2D eigenvalue weighted by Gasteiger charge is 2.36. The van der Waals surface area contributed by atoms with Crippen molar-refractivity contribution in [1.82, 2.24) is 19.1 Å². The fraction of sp³-hybridized carbons (Fsp3) is 0.600. The van der Waals surface area contributed by atoms with E-state index in [0.29, 0.717) is 17.4 Å². The van der Waals surface area contributed by atoms with E-state index in [-0.39, 0.29) is 6.04 Å². The van der Waals surface area contributed by atoms with Crippen LogP contribution in [0, 0.1) is 0 Å². The zero-order valence-corrected chi connectivity index (χ0v) is 16.7. The van der Waals surface area contributed by atoms with E-state index in [2.05, 4.69) is 10.2 Å². The maximum atomic E-state index is 13.4. The van der Waals surface area contributed by atoms with Gasteiger partial charge in [-0.05, 0) is 49.3 Å². The number of rotatable bonds is 4. The van der Waals surface area contributed by atoms with E-state index < -0.39 is 10.0 Å². The van der Waals surface area contributed by atoms with Gasteiger partial charge in [0.25, 0.3) is 0 Å². The lowest BCUT2D eigenvalue weighted by Crippen LogP contribution is -2.39. The normalized spacial score (nSPS) is 22.8. The summed E-state index contributed by atoms with van der Waals surface area (Å²) in [6.07, 6.45) is 10.6. The zero-order chi connectivity index (χ0) is 18.9. The van der Waals surface area contributed by atoms with E-state index in [1.165, 1.54) is 37.7 Å². The number of aryl methyl sites for hydroxylation is 1. The molecule has 1 aliphatic heterocycles. The van der Waals surface area contributed by atoms with Gasteiger partial charge in [-0.25, -0.2) is 8.42 Å². The van der Waals surface area contributed by atoms with E-state index in [4.69, 9.17) is 0 Å². The Morgan fingerprint density at radius 1 is 0.963 bits per heavy atom. The predicted molar refractivity (Wildman–Crippen MR) is 104 cm³/mol. The Morgan fingerprint density at radius 2 is 1.67 bits per heavy atom. The van der Waals surface area contributed by atoms with Crippen molar-refractivity contribution in [3.63, 3.8) is 0 Å². The molecule has 2 aliphatic rings. The molecule has 146 valence electrons. The lowest BCUT2D eigenvalue weighted by molar-refractivity contribution is 0.242. The van der Waals surface area contributed by atoms with Gasteiger partial charge in [-0.3, -0.25) is 0 Å². The minimum Gasteiger partial charge on any atom is -0.319 e. The van der Waals surface area contributed by atoms with Crippen molar-refractivity contribution in [2.24, 2.45) is 7.05 Å². The summed E-state index contributed by atoms with van der Waals surface area (Å²) in [5.41, 5.74) is 1.28. The molecule has 6 nitrogen and oxygen atoms in total. The first-order valence-electron chi connectivity index (χ1n) is 10.0. The number of sulfonamides is 1. The highest BCUT2D eigenvalue weighted by molar-refractivity contribution is 7.89. The van der Waals surface area contributed by atoms with E-state index in [9.17, 15) is 8.42 Å². The molecule has 1 aromatic carbocycles. The number of hydrogen-bond acceptors (Lipinski definition) is 4. The van der Waals surface area contributed by atoms with Crippen molar-refractivity contribution in [1.29, 1.82) is 0 Å². The molecular weight excluding hydrogens is 360 g/mol. The number of aromatic nitrogens is 3. The van der Waals surface area contributed by atoms with Gasteiger partial charge in [-0.15, -0.1) is 10.2 Å². The summed E-state index contributed by atoms with van der Waals surface area (Å²) in [5, 5.41) is 8.12. The first kappa shape index (κ1) is 18.6. The molecule has 1 unspecified atom stereocenters. The second-order valence-electron chi connectivity index (χ2n) is 7.83. The Balaban J connectivity index is 1.60. The van der Waals surface area contributed by atoms with Crippen LogP contribution in [0.4, 0.5) is 0 Å². The van der Waals surface area contributed by atoms with Gasteiger partial charge in [0.2, 0.25) is 10.0 Å². The Hall–Kier alpha value is -1.73. The predicted octanol–water partition coefficient (Wildman–Crippen LogP) is 3.78. The number of nitrogens with zero attached hydrogens (tertiary/aromatic N) is 4. The van der Waals surface area contributed by atoms with Crippen LogP contribution in [0.3, 0.4) is 0 Å². The van der Waals surface area contributed by atoms with E-state index in [1.807, 2.05) is 23.7 Å². The number of hydrogen-bond donors (Lipinski definition) is 0. The summed E-state index contributed by atoms with van der Waals surface area (Å²) >= 11 is 0. The molecule has 0 radical (unpaired) electrons. The molecule has 0 N–H and O–H groups in total. The molecule has 1 atom stereocenters. The smallest absolute Gasteiger partial charge is 0.243 e. The molecule has 27 heavy (non-hydrogen) atoms. The van der Waals surface area contributed by atoms with Gasteiger partial charge in [0.1, 0.15) is 6.33 Å². The van der Waals surface area contributed by atoms with Gasteiger partial charge in [0.05, 0.1) is 10.9 Å². The van der Waals surface area contributed by atoms with Crippen LogP contribution in [-0.2, 0) is 17.1 Å². The molecule has 1 aromatic heterocycles. The van der Waals surface area contributed by atoms with Crippen LogP contribution in [0.15, 0.2) is 35.5 Å². The Kier molecular flexibility index (Phi) is 5.32. The van der Waals surface area contributed by atoms with Crippen LogP contribution in [-0.4, -0.2) is 34.0 Å². The molecule has 1 saturated heterocycles. The summed E-state index contributed by atoms with van der Waals surface area (Å²) < 4.78 is 30.2. The molecule has 1 aliphatic carbocycles. The highest BCUT2D eigenvalue weighted by atomic mass is 32.2. The third-order valence-corrected chi connectivity index (χ3v) is 7.98. The minimum absolute atomic E-state index is 0.241. The van der Waals surface area contributed by atoms with Crippen molar-refractivity contribution in [3.05, 3.63) is 42.0 Å². The SMILES string of the molecule is Cn1cnnc1C1CCCCN1S(=O)(=O)c1ccc(C2CCCCC2)cc1. The van der Waals surface area contributed by atoms with Gasteiger partial charge in [0, 0.05) is 13.6 Å². The monoisotopic (exact) mass is 388 g/mol. The molecule has 2 aromatic rings. The third kappa shape index (κ3) is 3.67. The summed E-state index contributed by atoms with van der Waals surface area (Å²) in [7, 11) is -1.68. The van der Waals surface area contributed by atoms with Crippen molar-refractivity contribution < 1.29 is 8.42 Å². The van der Waals surface area contributed by atoms with E-state index in [1.54, 1.807) is 22.8 Å². The number of piperidine rings is 1. The summed E-state index contributed by atoms with van der Waals surface area (Å²) in [4.78, 5) is 0.385. The Morgan fingerprint density at radius 3 is 2.33 bits per heavy atom. The van der Waals surface area contributed by atoms with Crippen LogP contribution in [0.1, 0.15) is 74.7 Å².